The highest BCUT2D eigenvalue weighted by molar-refractivity contribution is 5.97. The van der Waals surface area contributed by atoms with Crippen molar-refractivity contribution in [3.63, 3.8) is 0 Å². The normalized spacial score (nSPS) is 11.6. The second kappa shape index (κ2) is 7.83. The van der Waals surface area contributed by atoms with Gasteiger partial charge in [-0.15, -0.1) is 0 Å². The van der Waals surface area contributed by atoms with Gasteiger partial charge >= 0.3 is 5.97 Å². The number of carbonyl (C=O) groups is 2. The van der Waals surface area contributed by atoms with Crippen molar-refractivity contribution in [1.29, 1.82) is 0 Å². The van der Waals surface area contributed by atoms with Gasteiger partial charge in [-0.3, -0.25) is 4.79 Å². The number of aryl methyl sites for hydroxylation is 3. The number of methoxy groups -OCH3 is 1. The summed E-state index contributed by atoms with van der Waals surface area (Å²) in [7, 11) is 1.54. The van der Waals surface area contributed by atoms with E-state index in [4.69, 9.17) is 9.47 Å². The van der Waals surface area contributed by atoms with E-state index in [1.54, 1.807) is 25.1 Å². The zero-order valence-corrected chi connectivity index (χ0v) is 15.2. The number of anilines is 1. The van der Waals surface area contributed by atoms with Crippen molar-refractivity contribution < 1.29 is 19.1 Å². The first kappa shape index (κ1) is 18.5. The molecule has 0 aliphatic heterocycles. The quantitative estimate of drug-likeness (QED) is 0.840. The van der Waals surface area contributed by atoms with Crippen molar-refractivity contribution in [3.8, 4) is 5.75 Å². The average molecular weight is 341 g/mol. The lowest BCUT2D eigenvalue weighted by molar-refractivity contribution is -0.123. The van der Waals surface area contributed by atoms with E-state index in [0.717, 1.165) is 16.7 Å². The monoisotopic (exact) mass is 341 g/mol. The van der Waals surface area contributed by atoms with Crippen LogP contribution in [-0.2, 0) is 9.53 Å². The summed E-state index contributed by atoms with van der Waals surface area (Å²) in [5, 5.41) is 2.78. The molecule has 1 amide bonds. The summed E-state index contributed by atoms with van der Waals surface area (Å²) >= 11 is 0. The van der Waals surface area contributed by atoms with Crippen LogP contribution in [0.15, 0.2) is 36.4 Å². The number of esters is 1. The molecule has 0 aromatic heterocycles. The minimum absolute atomic E-state index is 0.341. The van der Waals surface area contributed by atoms with E-state index in [1.165, 1.54) is 7.11 Å². The van der Waals surface area contributed by atoms with Crippen LogP contribution >= 0.6 is 0 Å². The Bertz CT molecular complexity index is 798. The SMILES string of the molecule is COc1cc(C(=O)O[C@H](C)C(=O)Nc2ccc(C)cc2C)ccc1C. The van der Waals surface area contributed by atoms with Gasteiger partial charge in [-0.05, 0) is 57.0 Å². The molecule has 1 atom stereocenters. The van der Waals surface area contributed by atoms with Crippen LogP contribution in [0.2, 0.25) is 0 Å². The van der Waals surface area contributed by atoms with Crippen molar-refractivity contribution in [3.05, 3.63) is 58.7 Å². The Morgan fingerprint density at radius 2 is 1.72 bits per heavy atom. The lowest BCUT2D eigenvalue weighted by atomic mass is 10.1. The van der Waals surface area contributed by atoms with Crippen LogP contribution in [0.4, 0.5) is 5.69 Å². The molecule has 5 nitrogen and oxygen atoms in total. The van der Waals surface area contributed by atoms with Gasteiger partial charge in [0.2, 0.25) is 0 Å². The molecule has 25 heavy (non-hydrogen) atoms. The Morgan fingerprint density at radius 1 is 1.00 bits per heavy atom. The van der Waals surface area contributed by atoms with Gasteiger partial charge in [0.05, 0.1) is 12.7 Å². The third-order valence-corrected chi connectivity index (χ3v) is 3.94. The molecule has 5 heteroatoms. The fourth-order valence-corrected chi connectivity index (χ4v) is 2.42. The number of nitrogens with one attached hydrogen (secondary N) is 1. The van der Waals surface area contributed by atoms with Gasteiger partial charge in [0.15, 0.2) is 6.10 Å². The van der Waals surface area contributed by atoms with Gasteiger partial charge < -0.3 is 14.8 Å². The Hall–Kier alpha value is -2.82. The summed E-state index contributed by atoms with van der Waals surface area (Å²) in [5.41, 5.74) is 4.03. The Balaban J connectivity index is 2.04. The highest BCUT2D eigenvalue weighted by atomic mass is 16.5. The Morgan fingerprint density at radius 3 is 2.36 bits per heavy atom. The number of carbonyl (C=O) groups excluding carboxylic acids is 2. The summed E-state index contributed by atoms with van der Waals surface area (Å²) in [6.07, 6.45) is -0.916. The van der Waals surface area contributed by atoms with E-state index in [0.29, 0.717) is 17.0 Å². The third kappa shape index (κ3) is 4.59. The van der Waals surface area contributed by atoms with Crippen molar-refractivity contribution >= 4 is 17.6 Å². The molecule has 1 N–H and O–H groups in total. The smallest absolute Gasteiger partial charge is 0.339 e. The molecule has 0 spiro atoms. The highest BCUT2D eigenvalue weighted by Crippen LogP contribution is 2.20. The molecule has 0 heterocycles. The zero-order valence-electron chi connectivity index (χ0n) is 15.2. The van der Waals surface area contributed by atoms with Crippen LogP contribution < -0.4 is 10.1 Å². The van der Waals surface area contributed by atoms with Gasteiger partial charge in [-0.1, -0.05) is 23.8 Å². The summed E-state index contributed by atoms with van der Waals surface area (Å²) in [4.78, 5) is 24.5. The first-order chi connectivity index (χ1) is 11.8. The minimum atomic E-state index is -0.916. The van der Waals surface area contributed by atoms with E-state index in [2.05, 4.69) is 5.32 Å². The van der Waals surface area contributed by atoms with Crippen LogP contribution in [0.1, 0.15) is 34.0 Å². The molecule has 0 aliphatic rings. The molecule has 0 saturated heterocycles. The van der Waals surface area contributed by atoms with Crippen molar-refractivity contribution in [2.24, 2.45) is 0 Å². The Kier molecular flexibility index (Phi) is 5.80. The van der Waals surface area contributed by atoms with E-state index < -0.39 is 12.1 Å². The summed E-state index contributed by atoms with van der Waals surface area (Å²) < 4.78 is 10.5. The molecular weight excluding hydrogens is 318 g/mol. The van der Waals surface area contributed by atoms with E-state index in [1.807, 2.05) is 39.0 Å². The predicted molar refractivity (Wildman–Crippen MR) is 97.2 cm³/mol. The maximum Gasteiger partial charge on any atom is 0.339 e. The van der Waals surface area contributed by atoms with E-state index in [9.17, 15) is 9.59 Å². The predicted octanol–water partition coefficient (Wildman–Crippen LogP) is 3.80. The second-order valence-corrected chi connectivity index (χ2v) is 6.04. The summed E-state index contributed by atoms with van der Waals surface area (Å²) in [5.74, 6) is -0.345. The topological polar surface area (TPSA) is 64.6 Å². The number of rotatable bonds is 5. The van der Waals surface area contributed by atoms with Crippen molar-refractivity contribution in [2.75, 3.05) is 12.4 Å². The molecular formula is C20H23NO4. The molecule has 0 bridgehead atoms. The van der Waals surface area contributed by atoms with Crippen molar-refractivity contribution in [1.82, 2.24) is 0 Å². The largest absolute Gasteiger partial charge is 0.496 e. The first-order valence-corrected chi connectivity index (χ1v) is 8.05. The molecule has 0 unspecified atom stereocenters. The summed E-state index contributed by atoms with van der Waals surface area (Å²) in [6, 6.07) is 10.8. The van der Waals surface area contributed by atoms with Crippen molar-refractivity contribution in [2.45, 2.75) is 33.8 Å². The molecule has 2 rings (SSSR count). The molecule has 132 valence electrons. The number of ether oxygens (including phenoxy) is 2. The average Bonchev–Trinajstić information content (AvgIpc) is 2.57. The number of benzene rings is 2. The standard InChI is InChI=1S/C20H23NO4/c1-12-6-9-17(14(3)10-12)21-19(22)15(4)25-20(23)16-8-7-13(2)18(11-16)24-5/h6-11,15H,1-5H3,(H,21,22)/t15-/m1/s1. The third-order valence-electron chi connectivity index (χ3n) is 3.94. The van der Waals surface area contributed by atoms with Gasteiger partial charge in [-0.25, -0.2) is 4.79 Å². The number of hydrogen-bond acceptors (Lipinski definition) is 4. The maximum absolute atomic E-state index is 12.3. The minimum Gasteiger partial charge on any atom is -0.496 e. The first-order valence-electron chi connectivity index (χ1n) is 8.05. The lowest BCUT2D eigenvalue weighted by Gasteiger charge is -2.15. The van der Waals surface area contributed by atoms with Gasteiger partial charge in [0, 0.05) is 5.69 Å². The number of hydrogen-bond donors (Lipinski definition) is 1. The lowest BCUT2D eigenvalue weighted by Crippen LogP contribution is -2.30. The number of amides is 1. The fourth-order valence-electron chi connectivity index (χ4n) is 2.42. The van der Waals surface area contributed by atoms with Crippen LogP contribution in [0.25, 0.3) is 0 Å². The molecule has 0 radical (unpaired) electrons. The van der Waals surface area contributed by atoms with Crippen LogP contribution in [-0.4, -0.2) is 25.1 Å². The van der Waals surface area contributed by atoms with Gasteiger partial charge in [0.25, 0.3) is 5.91 Å². The summed E-state index contributed by atoms with van der Waals surface area (Å²) in [6.45, 7) is 7.33. The maximum atomic E-state index is 12.3. The molecule has 0 saturated carbocycles. The van der Waals surface area contributed by atoms with Gasteiger partial charge in [0.1, 0.15) is 5.75 Å². The van der Waals surface area contributed by atoms with Crippen LogP contribution in [0.3, 0.4) is 0 Å². The van der Waals surface area contributed by atoms with Crippen LogP contribution in [0, 0.1) is 20.8 Å². The van der Waals surface area contributed by atoms with Crippen LogP contribution in [0.5, 0.6) is 5.75 Å². The molecule has 0 aliphatic carbocycles. The highest BCUT2D eigenvalue weighted by Gasteiger charge is 2.20. The Labute approximate surface area is 148 Å². The molecule has 2 aromatic rings. The molecule has 2 aromatic carbocycles. The molecule has 0 fully saturated rings. The fraction of sp³-hybridized carbons (Fsp3) is 0.300. The second-order valence-electron chi connectivity index (χ2n) is 6.04. The van der Waals surface area contributed by atoms with E-state index in [-0.39, 0.29) is 5.91 Å². The van der Waals surface area contributed by atoms with E-state index >= 15 is 0 Å². The zero-order chi connectivity index (χ0) is 18.6. The van der Waals surface area contributed by atoms with Gasteiger partial charge in [-0.2, -0.15) is 0 Å².